The van der Waals surface area contributed by atoms with Crippen molar-refractivity contribution in [2.45, 2.75) is 75.4 Å². The SMILES string of the molecule is [O-]C(=NC(c1ccccc1)(c1ccccc1)C(CC1CCCCC1)[NH+]1C=C(c2ccccc2-c2ccccc2)[N+](Cc2ccc(C(F)(F)F)cc2)=N1)c1ccc(Cc2ccc(C(F)(F)F)cc2)cc1. The lowest BCUT2D eigenvalue weighted by atomic mass is 9.72. The lowest BCUT2D eigenvalue weighted by Crippen LogP contribution is -3.09. The number of quaternary nitrogens is 1. The van der Waals surface area contributed by atoms with Gasteiger partial charge in [-0.25, -0.2) is 0 Å². The molecule has 69 heavy (non-hydrogen) atoms. The van der Waals surface area contributed by atoms with Gasteiger partial charge >= 0.3 is 12.4 Å². The number of hydrogen-bond donors (Lipinski definition) is 1. The van der Waals surface area contributed by atoms with Crippen molar-refractivity contribution < 1.29 is 41.2 Å². The molecule has 2 atom stereocenters. The van der Waals surface area contributed by atoms with Gasteiger partial charge in [-0.1, -0.05) is 190 Å². The summed E-state index contributed by atoms with van der Waals surface area (Å²) in [6.45, 7) is 0.172. The highest BCUT2D eigenvalue weighted by Gasteiger charge is 2.53. The molecule has 0 radical (unpaired) electrons. The molecule has 1 heterocycles. The van der Waals surface area contributed by atoms with Gasteiger partial charge in [-0.15, -0.1) is 5.01 Å². The fourth-order valence-electron chi connectivity index (χ4n) is 9.95. The van der Waals surface area contributed by atoms with E-state index in [2.05, 4.69) is 12.3 Å². The summed E-state index contributed by atoms with van der Waals surface area (Å²) >= 11 is 0. The molecule has 1 saturated carbocycles. The first-order valence-electron chi connectivity index (χ1n) is 23.4. The van der Waals surface area contributed by atoms with Crippen LogP contribution in [-0.2, 0) is 30.9 Å². The Bertz CT molecular complexity index is 2870. The predicted octanol–water partition coefficient (Wildman–Crippen LogP) is 12.8. The lowest BCUT2D eigenvalue weighted by Gasteiger charge is -2.40. The summed E-state index contributed by atoms with van der Waals surface area (Å²) in [6.07, 6.45) is -0.512. The number of nitrogens with one attached hydrogen (secondary N) is 1. The van der Waals surface area contributed by atoms with Crippen molar-refractivity contribution in [3.63, 3.8) is 0 Å². The van der Waals surface area contributed by atoms with Gasteiger partial charge in [0.05, 0.1) is 16.7 Å². The maximum Gasteiger partial charge on any atom is 0.416 e. The van der Waals surface area contributed by atoms with Gasteiger partial charge in [0.1, 0.15) is 0 Å². The molecule has 350 valence electrons. The van der Waals surface area contributed by atoms with Crippen molar-refractivity contribution in [3.05, 3.63) is 244 Å². The smallest absolute Gasteiger partial charge is 0.416 e. The first kappa shape index (κ1) is 47.0. The van der Waals surface area contributed by atoms with Gasteiger partial charge in [-0.05, 0) is 92.2 Å². The molecule has 0 spiro atoms. The zero-order chi connectivity index (χ0) is 48.0. The number of rotatable bonds is 14. The van der Waals surface area contributed by atoms with Gasteiger partial charge in [0.25, 0.3) is 5.70 Å². The van der Waals surface area contributed by atoms with E-state index in [1.807, 2.05) is 126 Å². The second kappa shape index (κ2) is 20.2. The summed E-state index contributed by atoms with van der Waals surface area (Å²) in [6, 6.07) is 54.6. The van der Waals surface area contributed by atoms with Crippen LogP contribution in [0.1, 0.15) is 88.6 Å². The second-order valence-electron chi connectivity index (χ2n) is 18.0. The Kier molecular flexibility index (Phi) is 13.8. The normalized spacial score (nSPS) is 16.5. The van der Waals surface area contributed by atoms with Crippen LogP contribution in [0, 0.1) is 5.92 Å². The first-order chi connectivity index (χ1) is 33.3. The Labute approximate surface area is 398 Å². The van der Waals surface area contributed by atoms with E-state index in [1.165, 1.54) is 24.3 Å². The average Bonchev–Trinajstić information content (AvgIpc) is 3.79. The van der Waals surface area contributed by atoms with E-state index in [-0.39, 0.29) is 12.5 Å². The summed E-state index contributed by atoms with van der Waals surface area (Å²) in [4.78, 5) is 5.40. The van der Waals surface area contributed by atoms with Crippen LogP contribution in [0.3, 0.4) is 0 Å². The molecule has 5 nitrogen and oxygen atoms in total. The summed E-state index contributed by atoms with van der Waals surface area (Å²) in [7, 11) is 0. The Morgan fingerprint density at radius 3 is 1.58 bits per heavy atom. The van der Waals surface area contributed by atoms with Crippen LogP contribution >= 0.6 is 0 Å². The zero-order valence-electron chi connectivity index (χ0n) is 37.8. The lowest BCUT2D eigenvalue weighted by molar-refractivity contribution is -0.926. The van der Waals surface area contributed by atoms with Crippen LogP contribution in [0.2, 0.25) is 0 Å². The molecule has 7 aromatic rings. The quantitative estimate of drug-likeness (QED) is 0.0502. The molecule has 2 aliphatic rings. The molecule has 0 aromatic heterocycles. The monoisotopic (exact) mass is 933 g/mol. The molecule has 2 unspecified atom stereocenters. The highest BCUT2D eigenvalue weighted by Crippen LogP contribution is 2.42. The fourth-order valence-corrected chi connectivity index (χ4v) is 9.95. The summed E-state index contributed by atoms with van der Waals surface area (Å²) < 4.78 is 83.0. The Morgan fingerprint density at radius 2 is 1.04 bits per heavy atom. The van der Waals surface area contributed by atoms with E-state index in [1.54, 1.807) is 12.1 Å². The van der Waals surface area contributed by atoms with Crippen LogP contribution in [0.15, 0.2) is 204 Å². The summed E-state index contributed by atoms with van der Waals surface area (Å²) in [5.41, 5.74) is 4.95. The molecule has 0 amide bonds. The minimum Gasteiger partial charge on any atom is -0.858 e. The van der Waals surface area contributed by atoms with E-state index in [4.69, 9.17) is 10.2 Å². The van der Waals surface area contributed by atoms with Crippen molar-refractivity contribution in [1.82, 2.24) is 0 Å². The number of alkyl halides is 6. The van der Waals surface area contributed by atoms with E-state index < -0.39 is 41.0 Å². The standard InChI is InChI=1S/C58H50F6N4O/c59-57(60,61)49-33-27-43(28-34-49)37-42-25-31-46(32-26-42)55(69)65-56(47-19-9-3-10-20-47,48-21-11-4-12-22-48)54(38-41-15-5-1-6-16-41)68-40-53(52-24-14-13-23-51(52)45-17-7-2-8-18-45)67(66-68)39-44-29-35-50(36-30-44)58(62,63)64/h2-4,7-14,17-36,40-41,54H,1,5-6,15-16,37-39H2/p+1. The fraction of sp³-hybridized carbons (Fsp3) is 0.224. The van der Waals surface area contributed by atoms with Gasteiger partial charge in [0.2, 0.25) is 12.7 Å². The third-order valence-electron chi connectivity index (χ3n) is 13.5. The van der Waals surface area contributed by atoms with E-state index in [0.29, 0.717) is 34.5 Å². The molecular weight excluding hydrogens is 883 g/mol. The van der Waals surface area contributed by atoms with Crippen LogP contribution in [0.25, 0.3) is 16.8 Å². The Balaban J connectivity index is 1.20. The highest BCUT2D eigenvalue weighted by molar-refractivity contribution is 5.91. The van der Waals surface area contributed by atoms with Crippen LogP contribution in [0.5, 0.6) is 0 Å². The molecule has 1 N–H and O–H groups in total. The molecule has 1 fully saturated rings. The molecule has 0 saturated heterocycles. The Morgan fingerprint density at radius 1 is 0.565 bits per heavy atom. The maximum atomic E-state index is 15.1. The molecule has 1 aliphatic heterocycles. The molecule has 0 bridgehead atoms. The van der Waals surface area contributed by atoms with Crippen molar-refractivity contribution in [3.8, 4) is 11.1 Å². The summed E-state index contributed by atoms with van der Waals surface area (Å²) in [5.74, 6) is -0.165. The van der Waals surface area contributed by atoms with Gasteiger partial charge in [0, 0.05) is 12.0 Å². The van der Waals surface area contributed by atoms with Crippen molar-refractivity contribution in [1.29, 1.82) is 0 Å². The molecule has 9 rings (SSSR count). The van der Waals surface area contributed by atoms with Gasteiger partial charge in [-0.2, -0.15) is 26.3 Å². The number of aliphatic imine (C=N–C) groups is 1. The van der Waals surface area contributed by atoms with E-state index in [9.17, 15) is 26.3 Å². The molecule has 1 aliphatic carbocycles. The van der Waals surface area contributed by atoms with Crippen molar-refractivity contribution in [2.24, 2.45) is 16.1 Å². The Hall–Kier alpha value is -7.11. The molecule has 7 aromatic carbocycles. The minimum atomic E-state index is -4.49. The van der Waals surface area contributed by atoms with Crippen LogP contribution in [-0.4, -0.2) is 16.6 Å². The number of halogens is 6. The third-order valence-corrected chi connectivity index (χ3v) is 13.5. The minimum absolute atomic E-state index is 0.172. The van der Waals surface area contributed by atoms with Crippen LogP contribution in [0.4, 0.5) is 26.3 Å². The second-order valence-corrected chi connectivity index (χ2v) is 18.0. The van der Waals surface area contributed by atoms with Crippen molar-refractivity contribution >= 4 is 11.6 Å². The third kappa shape index (κ3) is 10.6. The van der Waals surface area contributed by atoms with Gasteiger partial charge in [-0.3, -0.25) is 4.99 Å². The van der Waals surface area contributed by atoms with E-state index in [0.717, 1.165) is 95.4 Å². The first-order valence-corrected chi connectivity index (χ1v) is 23.4. The average molecular weight is 934 g/mol. The van der Waals surface area contributed by atoms with Crippen molar-refractivity contribution in [2.75, 3.05) is 0 Å². The van der Waals surface area contributed by atoms with Gasteiger partial charge < -0.3 is 5.11 Å². The van der Waals surface area contributed by atoms with E-state index >= 15 is 5.11 Å². The zero-order valence-corrected chi connectivity index (χ0v) is 37.8. The number of benzene rings is 7. The summed E-state index contributed by atoms with van der Waals surface area (Å²) in [5, 5.41) is 21.3. The molecule has 11 heteroatoms. The van der Waals surface area contributed by atoms with Crippen LogP contribution < -0.4 is 10.1 Å². The van der Waals surface area contributed by atoms with Gasteiger partial charge in [0.15, 0.2) is 16.8 Å². The number of hydrogen-bond acceptors (Lipinski definition) is 3. The predicted molar refractivity (Wildman–Crippen MR) is 255 cm³/mol. The molecular formula is C58H51F6N4O+. The maximum absolute atomic E-state index is 15.1. The largest absolute Gasteiger partial charge is 0.858 e. The highest BCUT2D eigenvalue weighted by atomic mass is 19.4. The topological polar surface area (TPSA) is 55.2 Å². The number of nitrogens with zero attached hydrogens (tertiary/aromatic N) is 3.